The second-order valence-corrected chi connectivity index (χ2v) is 11.8. The van der Waals surface area contributed by atoms with E-state index in [-0.39, 0.29) is 5.91 Å². The number of nitrogens with zero attached hydrogens (tertiary/aromatic N) is 3. The van der Waals surface area contributed by atoms with Crippen LogP contribution in [0.4, 0.5) is 0 Å². The molecule has 2 aliphatic rings. The first-order valence-corrected chi connectivity index (χ1v) is 15.8. The first-order valence-electron chi connectivity index (χ1n) is 14.9. The van der Waals surface area contributed by atoms with Gasteiger partial charge in [-0.05, 0) is 68.5 Å². The van der Waals surface area contributed by atoms with E-state index in [1.54, 1.807) is 0 Å². The number of pyridine rings is 1. The molecule has 1 heterocycles. The molecule has 5 rings (SSSR count). The second-order valence-electron chi connectivity index (χ2n) is 10.8. The van der Waals surface area contributed by atoms with Gasteiger partial charge in [-0.2, -0.15) is 5.26 Å². The van der Waals surface area contributed by atoms with Gasteiger partial charge < -0.3 is 9.64 Å². The molecule has 1 aromatic heterocycles. The van der Waals surface area contributed by atoms with Gasteiger partial charge in [0.2, 0.25) is 5.91 Å². The number of rotatable bonds is 9. The summed E-state index contributed by atoms with van der Waals surface area (Å²) in [7, 11) is 0. The van der Waals surface area contributed by atoms with Crippen molar-refractivity contribution in [2.45, 2.75) is 88.2 Å². The molecule has 0 radical (unpaired) electrons. The number of ether oxygens (including phenoxy) is 1. The number of hydrogen-bond donors (Lipinski definition) is 0. The van der Waals surface area contributed by atoms with Gasteiger partial charge in [0, 0.05) is 23.2 Å². The number of aromatic nitrogens is 1. The van der Waals surface area contributed by atoms with Crippen LogP contribution in [0.5, 0.6) is 5.75 Å². The third-order valence-electron chi connectivity index (χ3n) is 8.20. The van der Waals surface area contributed by atoms with Crippen molar-refractivity contribution in [2.75, 3.05) is 12.4 Å². The van der Waals surface area contributed by atoms with Gasteiger partial charge in [-0.3, -0.25) is 4.79 Å². The van der Waals surface area contributed by atoms with E-state index in [9.17, 15) is 10.1 Å². The average Bonchev–Trinajstić information content (AvgIpc) is 3.02. The maximum Gasteiger partial charge on any atom is 0.233 e. The molecule has 5 nitrogen and oxygen atoms in total. The molecule has 0 aliphatic heterocycles. The monoisotopic (exact) mass is 553 g/mol. The van der Waals surface area contributed by atoms with Gasteiger partial charge in [-0.1, -0.05) is 80.6 Å². The number of thioether (sulfide) groups is 1. The van der Waals surface area contributed by atoms with Gasteiger partial charge in [-0.25, -0.2) is 4.98 Å². The molecular weight excluding hydrogens is 514 g/mol. The van der Waals surface area contributed by atoms with Gasteiger partial charge in [-0.15, -0.1) is 0 Å². The molecule has 208 valence electrons. The molecule has 2 aromatic carbocycles. The predicted molar refractivity (Wildman–Crippen MR) is 162 cm³/mol. The number of benzene rings is 2. The van der Waals surface area contributed by atoms with E-state index >= 15 is 0 Å². The molecule has 2 fully saturated rings. The standard InChI is InChI=1S/C34H39N3O2S/c1-2-39-29-20-18-26(19-21-29)32-22-30(25-12-6-3-7-13-25)31(23-35)34(36-32)40-24-33(38)37(27-14-8-4-9-15-27)28-16-10-5-11-17-28/h3,6-7,12-13,18-22,27-28H,2,4-5,8-11,14-17,24H2,1H3. The molecule has 0 saturated heterocycles. The zero-order chi connectivity index (χ0) is 27.7. The van der Waals surface area contributed by atoms with Crippen molar-refractivity contribution in [3.8, 4) is 34.2 Å². The van der Waals surface area contributed by atoms with Gasteiger partial charge in [0.15, 0.2) is 0 Å². The Morgan fingerprint density at radius 3 is 2.12 bits per heavy atom. The summed E-state index contributed by atoms with van der Waals surface area (Å²) in [5.41, 5.74) is 4.07. The molecule has 0 N–H and O–H groups in total. The number of carbonyl (C=O) groups is 1. The van der Waals surface area contributed by atoms with Crippen LogP contribution in [-0.2, 0) is 4.79 Å². The van der Waals surface area contributed by atoms with Gasteiger partial charge >= 0.3 is 0 Å². The lowest BCUT2D eigenvalue weighted by atomic mass is 9.88. The van der Waals surface area contributed by atoms with Crippen molar-refractivity contribution >= 4 is 17.7 Å². The summed E-state index contributed by atoms with van der Waals surface area (Å²) < 4.78 is 5.63. The Bertz CT molecular complexity index is 1290. The summed E-state index contributed by atoms with van der Waals surface area (Å²) in [6, 6.07) is 23.0. The van der Waals surface area contributed by atoms with Crippen LogP contribution in [0.3, 0.4) is 0 Å². The number of carbonyl (C=O) groups excluding carboxylic acids is 1. The lowest BCUT2D eigenvalue weighted by molar-refractivity contribution is -0.135. The average molecular weight is 554 g/mol. The Labute approximate surface area is 243 Å². The maximum atomic E-state index is 13.9. The summed E-state index contributed by atoms with van der Waals surface area (Å²) in [5, 5.41) is 10.9. The summed E-state index contributed by atoms with van der Waals surface area (Å²) in [4.78, 5) is 21.1. The summed E-state index contributed by atoms with van der Waals surface area (Å²) >= 11 is 1.42. The van der Waals surface area contributed by atoms with E-state index in [1.807, 2.05) is 67.6 Å². The molecule has 2 saturated carbocycles. The molecule has 3 aromatic rings. The SMILES string of the molecule is CCOc1ccc(-c2cc(-c3ccccc3)c(C#N)c(SCC(=O)N(C3CCCCC3)C3CCCCC3)n2)cc1. The third kappa shape index (κ3) is 6.70. The Balaban J connectivity index is 1.46. The first kappa shape index (κ1) is 28.2. The van der Waals surface area contributed by atoms with Crippen molar-refractivity contribution in [3.63, 3.8) is 0 Å². The molecule has 2 aliphatic carbocycles. The van der Waals surface area contributed by atoms with Crippen LogP contribution >= 0.6 is 11.8 Å². The number of nitriles is 1. The highest BCUT2D eigenvalue weighted by Crippen LogP contribution is 2.36. The van der Waals surface area contributed by atoms with Crippen LogP contribution in [-0.4, -0.2) is 40.2 Å². The predicted octanol–water partition coefficient (Wildman–Crippen LogP) is 8.27. The first-order chi connectivity index (χ1) is 19.7. The van der Waals surface area contributed by atoms with E-state index < -0.39 is 0 Å². The second kappa shape index (κ2) is 13.9. The molecule has 0 bridgehead atoms. The van der Waals surface area contributed by atoms with Crippen molar-refractivity contribution in [3.05, 3.63) is 66.2 Å². The van der Waals surface area contributed by atoms with E-state index in [0.717, 1.165) is 53.8 Å². The smallest absolute Gasteiger partial charge is 0.233 e. The summed E-state index contributed by atoms with van der Waals surface area (Å²) in [5.74, 6) is 1.31. The third-order valence-corrected chi connectivity index (χ3v) is 9.16. The minimum atomic E-state index is 0.197. The summed E-state index contributed by atoms with van der Waals surface area (Å²) in [6.07, 6.45) is 11.8. The molecule has 40 heavy (non-hydrogen) atoms. The lowest BCUT2D eigenvalue weighted by Crippen LogP contribution is -2.49. The van der Waals surface area contributed by atoms with Crippen LogP contribution in [0.2, 0.25) is 0 Å². The quantitative estimate of drug-likeness (QED) is 0.250. The maximum absolute atomic E-state index is 13.9. The van der Waals surface area contributed by atoms with Crippen molar-refractivity contribution < 1.29 is 9.53 Å². The van der Waals surface area contributed by atoms with E-state index in [1.165, 1.54) is 50.3 Å². The minimum Gasteiger partial charge on any atom is -0.494 e. The zero-order valence-corrected chi connectivity index (χ0v) is 24.3. The molecule has 1 amide bonds. The molecular formula is C34H39N3O2S. The Morgan fingerprint density at radius 1 is 0.925 bits per heavy atom. The van der Waals surface area contributed by atoms with Crippen molar-refractivity contribution in [2.24, 2.45) is 0 Å². The van der Waals surface area contributed by atoms with Gasteiger partial charge in [0.05, 0.1) is 23.6 Å². The van der Waals surface area contributed by atoms with Crippen molar-refractivity contribution in [1.29, 1.82) is 5.26 Å². The highest BCUT2D eigenvalue weighted by Gasteiger charge is 2.32. The van der Waals surface area contributed by atoms with E-state index in [2.05, 4.69) is 11.0 Å². The normalized spacial score (nSPS) is 16.3. The fourth-order valence-corrected chi connectivity index (χ4v) is 7.12. The van der Waals surface area contributed by atoms with Crippen LogP contribution < -0.4 is 4.74 Å². The molecule has 6 heteroatoms. The largest absolute Gasteiger partial charge is 0.494 e. The molecule has 0 unspecified atom stereocenters. The van der Waals surface area contributed by atoms with Crippen molar-refractivity contribution in [1.82, 2.24) is 9.88 Å². The zero-order valence-electron chi connectivity index (χ0n) is 23.5. The van der Waals surface area contributed by atoms with Gasteiger partial charge in [0.1, 0.15) is 16.8 Å². The number of hydrogen-bond acceptors (Lipinski definition) is 5. The fraction of sp³-hybridized carbons (Fsp3) is 0.441. The van der Waals surface area contributed by atoms with Crippen LogP contribution in [0, 0.1) is 11.3 Å². The minimum absolute atomic E-state index is 0.197. The van der Waals surface area contributed by atoms with Crippen LogP contribution in [0.15, 0.2) is 65.7 Å². The topological polar surface area (TPSA) is 66.2 Å². The van der Waals surface area contributed by atoms with Crippen LogP contribution in [0.25, 0.3) is 22.4 Å². The number of amides is 1. The van der Waals surface area contributed by atoms with E-state index in [0.29, 0.717) is 35.0 Å². The molecule has 0 spiro atoms. The molecule has 0 atom stereocenters. The summed E-state index contributed by atoms with van der Waals surface area (Å²) in [6.45, 7) is 2.58. The highest BCUT2D eigenvalue weighted by molar-refractivity contribution is 8.00. The van der Waals surface area contributed by atoms with Gasteiger partial charge in [0.25, 0.3) is 0 Å². The Morgan fingerprint density at radius 2 is 1.55 bits per heavy atom. The highest BCUT2D eigenvalue weighted by atomic mass is 32.2. The fourth-order valence-electron chi connectivity index (χ4n) is 6.24. The lowest BCUT2D eigenvalue weighted by Gasteiger charge is -2.41. The Hall–Kier alpha value is -3.30. The Kier molecular flexibility index (Phi) is 9.78. The van der Waals surface area contributed by atoms with E-state index in [4.69, 9.17) is 9.72 Å². The van der Waals surface area contributed by atoms with Crippen LogP contribution in [0.1, 0.15) is 76.7 Å².